The average Bonchev–Trinajstić information content (AvgIpc) is 2.08. The zero-order valence-corrected chi connectivity index (χ0v) is 6.61. The number of aromatic hydroxyl groups is 1. The number of benzene rings is 1. The summed E-state index contributed by atoms with van der Waals surface area (Å²) in [6, 6.07) is 5.19. The van der Waals surface area contributed by atoms with Gasteiger partial charge in [-0.1, -0.05) is 0 Å². The maximum atomic E-state index is 10.4. The molecule has 1 rings (SSSR count). The summed E-state index contributed by atoms with van der Waals surface area (Å²) < 4.78 is 0. The number of nitriles is 1. The molecule has 0 saturated heterocycles. The lowest BCUT2D eigenvalue weighted by atomic mass is 10.2. The second-order valence-electron chi connectivity index (χ2n) is 2.33. The van der Waals surface area contributed by atoms with Gasteiger partial charge in [0, 0.05) is 0 Å². The number of nitrogens with zero attached hydrogens (tertiary/aromatic N) is 1. The number of rotatable bonds is 1. The second-order valence-corrected chi connectivity index (χ2v) is 2.33. The zero-order chi connectivity index (χ0) is 9.84. The van der Waals surface area contributed by atoms with Gasteiger partial charge >= 0.3 is 6.03 Å². The Morgan fingerprint density at radius 3 is 2.77 bits per heavy atom. The van der Waals surface area contributed by atoms with Crippen LogP contribution in [0.3, 0.4) is 0 Å². The predicted octanol–water partition coefficient (Wildman–Crippen LogP) is 0.754. The Hall–Kier alpha value is -2.22. The van der Waals surface area contributed by atoms with E-state index in [2.05, 4.69) is 5.32 Å². The Labute approximate surface area is 74.4 Å². The quantitative estimate of drug-likeness (QED) is 0.552. The summed E-state index contributed by atoms with van der Waals surface area (Å²) in [5.74, 6) is -0.183. The molecule has 0 aromatic heterocycles. The normalized spacial score (nSPS) is 8.85. The number of carbonyl (C=O) groups excluding carboxylic acids is 1. The highest BCUT2D eigenvalue weighted by Crippen LogP contribution is 2.23. The Kier molecular flexibility index (Phi) is 2.36. The molecule has 0 unspecified atom stereocenters. The zero-order valence-electron chi connectivity index (χ0n) is 6.61. The van der Waals surface area contributed by atoms with Crippen molar-refractivity contribution in [3.63, 3.8) is 0 Å². The van der Waals surface area contributed by atoms with E-state index < -0.39 is 6.03 Å². The van der Waals surface area contributed by atoms with Crippen LogP contribution >= 0.6 is 0 Å². The smallest absolute Gasteiger partial charge is 0.316 e. The van der Waals surface area contributed by atoms with Crippen molar-refractivity contribution in [2.45, 2.75) is 0 Å². The van der Waals surface area contributed by atoms with Gasteiger partial charge in [-0.3, -0.25) is 0 Å². The molecule has 0 bridgehead atoms. The van der Waals surface area contributed by atoms with Gasteiger partial charge in [-0.25, -0.2) is 4.79 Å². The standard InChI is InChI=1S/C8H7N3O2/c9-4-5-1-2-6(7(12)3-5)11-8(10)13/h1-3,12H,(H3,10,11,13). The van der Waals surface area contributed by atoms with Gasteiger partial charge in [0.25, 0.3) is 0 Å². The fourth-order valence-electron chi connectivity index (χ4n) is 0.840. The van der Waals surface area contributed by atoms with Crippen molar-refractivity contribution in [1.29, 1.82) is 5.26 Å². The Bertz CT molecular complexity index is 381. The van der Waals surface area contributed by atoms with Gasteiger partial charge in [-0.2, -0.15) is 5.26 Å². The third-order valence-electron chi connectivity index (χ3n) is 1.38. The Balaban J connectivity index is 3.00. The minimum Gasteiger partial charge on any atom is -0.506 e. The van der Waals surface area contributed by atoms with Crippen molar-refractivity contribution in [3.05, 3.63) is 23.8 Å². The largest absolute Gasteiger partial charge is 0.506 e. The van der Waals surface area contributed by atoms with Crippen molar-refractivity contribution >= 4 is 11.7 Å². The first-order valence-corrected chi connectivity index (χ1v) is 3.43. The summed E-state index contributed by atoms with van der Waals surface area (Å²) in [5.41, 5.74) is 5.34. The van der Waals surface area contributed by atoms with Crippen molar-refractivity contribution < 1.29 is 9.90 Å². The number of amides is 2. The van der Waals surface area contributed by atoms with E-state index >= 15 is 0 Å². The molecule has 1 aromatic carbocycles. The van der Waals surface area contributed by atoms with E-state index in [4.69, 9.17) is 11.0 Å². The lowest BCUT2D eigenvalue weighted by Crippen LogP contribution is -2.19. The number of hydrogen-bond acceptors (Lipinski definition) is 3. The van der Waals surface area contributed by atoms with E-state index in [1.54, 1.807) is 0 Å². The van der Waals surface area contributed by atoms with Gasteiger partial charge in [0.15, 0.2) is 0 Å². The number of nitrogens with two attached hydrogens (primary N) is 1. The second kappa shape index (κ2) is 3.45. The molecule has 4 N–H and O–H groups in total. The summed E-state index contributed by atoms with van der Waals surface area (Å²) >= 11 is 0. The molecule has 0 radical (unpaired) electrons. The topological polar surface area (TPSA) is 99.1 Å². The van der Waals surface area contributed by atoms with Gasteiger partial charge in [-0.05, 0) is 18.2 Å². The maximum absolute atomic E-state index is 10.4. The molecule has 2 amide bonds. The summed E-state index contributed by atoms with van der Waals surface area (Å²) in [6.07, 6.45) is 0. The summed E-state index contributed by atoms with van der Waals surface area (Å²) in [5, 5.41) is 19.9. The fourth-order valence-corrected chi connectivity index (χ4v) is 0.840. The van der Waals surface area contributed by atoms with Crippen LogP contribution in [0.25, 0.3) is 0 Å². The highest BCUT2D eigenvalue weighted by molar-refractivity contribution is 5.89. The van der Waals surface area contributed by atoms with Gasteiger partial charge in [0.2, 0.25) is 0 Å². The average molecular weight is 177 g/mol. The number of anilines is 1. The molecule has 0 atom stereocenters. The third kappa shape index (κ3) is 2.10. The van der Waals surface area contributed by atoms with Crippen LogP contribution in [0.4, 0.5) is 10.5 Å². The summed E-state index contributed by atoms with van der Waals surface area (Å²) in [6.45, 7) is 0. The molecule has 0 aliphatic rings. The van der Waals surface area contributed by atoms with E-state index in [1.165, 1.54) is 18.2 Å². The van der Waals surface area contributed by atoms with Crippen LogP contribution in [-0.4, -0.2) is 11.1 Å². The molecule has 0 heterocycles. The van der Waals surface area contributed by atoms with Crippen LogP contribution in [0, 0.1) is 11.3 Å². The minimum atomic E-state index is -0.764. The van der Waals surface area contributed by atoms with E-state index in [9.17, 15) is 9.90 Å². The van der Waals surface area contributed by atoms with Crippen molar-refractivity contribution in [2.75, 3.05) is 5.32 Å². The predicted molar refractivity (Wildman–Crippen MR) is 46.0 cm³/mol. The number of primary amides is 1. The first kappa shape index (κ1) is 8.87. The summed E-state index contributed by atoms with van der Waals surface area (Å²) in [7, 11) is 0. The van der Waals surface area contributed by atoms with Gasteiger partial charge in [-0.15, -0.1) is 0 Å². The molecule has 0 saturated carbocycles. The number of carbonyl (C=O) groups is 1. The minimum absolute atomic E-state index is 0.183. The first-order valence-electron chi connectivity index (χ1n) is 3.43. The van der Waals surface area contributed by atoms with E-state index in [0.717, 1.165) is 0 Å². The molecule has 0 fully saturated rings. The molecule has 0 aliphatic carbocycles. The van der Waals surface area contributed by atoms with Crippen LogP contribution in [0.2, 0.25) is 0 Å². The van der Waals surface area contributed by atoms with Crippen molar-refractivity contribution in [3.8, 4) is 11.8 Å². The van der Waals surface area contributed by atoms with Gasteiger partial charge in [0.1, 0.15) is 5.75 Å². The number of urea groups is 1. The van der Waals surface area contributed by atoms with Crippen LogP contribution in [-0.2, 0) is 0 Å². The maximum Gasteiger partial charge on any atom is 0.316 e. The van der Waals surface area contributed by atoms with E-state index in [-0.39, 0.29) is 11.4 Å². The van der Waals surface area contributed by atoms with Gasteiger partial charge in [0.05, 0.1) is 17.3 Å². The van der Waals surface area contributed by atoms with Gasteiger partial charge < -0.3 is 16.2 Å². The molecule has 0 spiro atoms. The highest BCUT2D eigenvalue weighted by Gasteiger charge is 2.03. The van der Waals surface area contributed by atoms with Crippen molar-refractivity contribution in [1.82, 2.24) is 0 Å². The summed E-state index contributed by atoms with van der Waals surface area (Å²) in [4.78, 5) is 10.4. The lowest BCUT2D eigenvalue weighted by Gasteiger charge is -2.03. The Morgan fingerprint density at radius 1 is 1.62 bits per heavy atom. The number of phenols is 1. The van der Waals surface area contributed by atoms with Crippen LogP contribution in [0.1, 0.15) is 5.56 Å². The molecule has 66 valence electrons. The number of nitrogens with one attached hydrogen (secondary N) is 1. The van der Waals surface area contributed by atoms with Crippen LogP contribution in [0.15, 0.2) is 18.2 Å². The Morgan fingerprint density at radius 2 is 2.31 bits per heavy atom. The SMILES string of the molecule is N#Cc1ccc(NC(N)=O)c(O)c1. The van der Waals surface area contributed by atoms with Crippen LogP contribution < -0.4 is 11.1 Å². The highest BCUT2D eigenvalue weighted by atomic mass is 16.3. The molecular formula is C8H7N3O2. The molecule has 1 aromatic rings. The number of hydrogen-bond donors (Lipinski definition) is 3. The lowest BCUT2D eigenvalue weighted by molar-refractivity contribution is 0.259. The van der Waals surface area contributed by atoms with Crippen LogP contribution in [0.5, 0.6) is 5.75 Å². The third-order valence-corrected chi connectivity index (χ3v) is 1.38. The molecule has 5 heteroatoms. The fraction of sp³-hybridized carbons (Fsp3) is 0. The van der Waals surface area contributed by atoms with E-state index in [0.29, 0.717) is 5.56 Å². The van der Waals surface area contributed by atoms with E-state index in [1.807, 2.05) is 6.07 Å². The molecular weight excluding hydrogens is 170 g/mol. The molecule has 0 aliphatic heterocycles. The van der Waals surface area contributed by atoms with Crippen molar-refractivity contribution in [2.24, 2.45) is 5.73 Å². The monoisotopic (exact) mass is 177 g/mol. The first-order chi connectivity index (χ1) is 6.13. The number of phenolic OH excluding ortho intramolecular Hbond substituents is 1. The molecule has 5 nitrogen and oxygen atoms in total. The molecule has 13 heavy (non-hydrogen) atoms.